The highest BCUT2D eigenvalue weighted by Crippen LogP contribution is 2.12. The monoisotopic (exact) mass is 273 g/mol. The van der Waals surface area contributed by atoms with Gasteiger partial charge in [-0.2, -0.15) is 5.26 Å². The lowest BCUT2D eigenvalue weighted by atomic mass is 10.1. The van der Waals surface area contributed by atoms with E-state index in [4.69, 9.17) is 10.00 Å². The average molecular weight is 273 g/mol. The van der Waals surface area contributed by atoms with Gasteiger partial charge in [0, 0.05) is 26.2 Å². The van der Waals surface area contributed by atoms with Gasteiger partial charge in [0.25, 0.3) is 0 Å². The van der Waals surface area contributed by atoms with Gasteiger partial charge in [0.15, 0.2) is 0 Å². The Hall–Kier alpha value is -1.90. The van der Waals surface area contributed by atoms with E-state index >= 15 is 0 Å². The minimum absolute atomic E-state index is 0.173. The lowest BCUT2D eigenvalue weighted by molar-refractivity contribution is -0.150. The predicted octanol–water partition coefficient (Wildman–Crippen LogP) is 0.895. The molecule has 106 valence electrons. The zero-order valence-electron chi connectivity index (χ0n) is 11.6. The van der Waals surface area contributed by atoms with Gasteiger partial charge < -0.3 is 10.1 Å². The standard InChI is InChI=1S/C15H19N3O2/c1-2-20-15(19)14-10-17-7-8-18(14)11-13-5-3-12(9-16)4-6-13/h3-6,14,17H,2,7-8,10-11H2,1H3. The molecule has 1 aliphatic rings. The van der Waals surface area contributed by atoms with Gasteiger partial charge in [0.05, 0.1) is 18.2 Å². The second kappa shape index (κ2) is 7.04. The van der Waals surface area contributed by atoms with Crippen LogP contribution in [0, 0.1) is 11.3 Å². The molecule has 1 saturated heterocycles. The van der Waals surface area contributed by atoms with Gasteiger partial charge in [-0.05, 0) is 24.6 Å². The molecule has 1 atom stereocenters. The molecule has 0 aliphatic carbocycles. The Kier molecular flexibility index (Phi) is 5.10. The molecule has 1 N–H and O–H groups in total. The smallest absolute Gasteiger partial charge is 0.324 e. The quantitative estimate of drug-likeness (QED) is 0.826. The molecule has 20 heavy (non-hydrogen) atoms. The van der Waals surface area contributed by atoms with Gasteiger partial charge in [-0.15, -0.1) is 0 Å². The summed E-state index contributed by atoms with van der Waals surface area (Å²) in [5.74, 6) is -0.173. The van der Waals surface area contributed by atoms with Crippen molar-refractivity contribution in [2.75, 3.05) is 26.2 Å². The van der Waals surface area contributed by atoms with E-state index in [2.05, 4.69) is 16.3 Å². The Morgan fingerprint density at radius 1 is 1.50 bits per heavy atom. The number of hydrogen-bond donors (Lipinski definition) is 1. The minimum atomic E-state index is -0.237. The number of benzene rings is 1. The largest absolute Gasteiger partial charge is 0.465 e. The van der Waals surface area contributed by atoms with Crippen LogP contribution in [0.5, 0.6) is 0 Å². The third-order valence-corrected chi connectivity index (χ3v) is 3.38. The Morgan fingerprint density at radius 3 is 2.90 bits per heavy atom. The molecule has 0 saturated carbocycles. The van der Waals surface area contributed by atoms with E-state index in [9.17, 15) is 4.79 Å². The highest BCUT2D eigenvalue weighted by molar-refractivity contribution is 5.76. The summed E-state index contributed by atoms with van der Waals surface area (Å²) in [5.41, 5.74) is 1.75. The molecule has 1 heterocycles. The number of nitrogens with one attached hydrogen (secondary N) is 1. The molecule has 1 fully saturated rings. The fourth-order valence-electron chi connectivity index (χ4n) is 2.33. The Labute approximate surface area is 119 Å². The van der Waals surface area contributed by atoms with Crippen molar-refractivity contribution in [3.8, 4) is 6.07 Å². The zero-order chi connectivity index (χ0) is 14.4. The lowest BCUT2D eigenvalue weighted by Gasteiger charge is -2.34. The highest BCUT2D eigenvalue weighted by atomic mass is 16.5. The summed E-state index contributed by atoms with van der Waals surface area (Å²) in [4.78, 5) is 14.1. The van der Waals surface area contributed by atoms with Crippen molar-refractivity contribution >= 4 is 5.97 Å². The Morgan fingerprint density at radius 2 is 2.25 bits per heavy atom. The molecular formula is C15H19N3O2. The van der Waals surface area contributed by atoms with E-state index in [0.29, 0.717) is 25.3 Å². The van der Waals surface area contributed by atoms with Gasteiger partial charge in [-0.25, -0.2) is 0 Å². The summed E-state index contributed by atoms with van der Waals surface area (Å²) in [7, 11) is 0. The van der Waals surface area contributed by atoms with Crippen molar-refractivity contribution in [2.45, 2.75) is 19.5 Å². The summed E-state index contributed by atoms with van der Waals surface area (Å²) in [5, 5.41) is 12.0. The van der Waals surface area contributed by atoms with E-state index in [1.807, 2.05) is 19.1 Å². The maximum Gasteiger partial charge on any atom is 0.324 e. The first-order valence-corrected chi connectivity index (χ1v) is 6.85. The van der Waals surface area contributed by atoms with Crippen LogP contribution in [-0.2, 0) is 16.1 Å². The number of esters is 1. The maximum absolute atomic E-state index is 12.0. The van der Waals surface area contributed by atoms with Crippen LogP contribution in [0.1, 0.15) is 18.1 Å². The third-order valence-electron chi connectivity index (χ3n) is 3.38. The van der Waals surface area contributed by atoms with Crippen LogP contribution in [0.15, 0.2) is 24.3 Å². The molecular weight excluding hydrogens is 254 g/mol. The number of hydrogen-bond acceptors (Lipinski definition) is 5. The summed E-state index contributed by atoms with van der Waals surface area (Å²) in [6, 6.07) is 9.34. The molecule has 0 bridgehead atoms. The van der Waals surface area contributed by atoms with Gasteiger partial charge in [-0.3, -0.25) is 9.69 Å². The van der Waals surface area contributed by atoms with Crippen molar-refractivity contribution in [2.24, 2.45) is 0 Å². The van der Waals surface area contributed by atoms with Crippen LogP contribution in [0.25, 0.3) is 0 Å². The van der Waals surface area contributed by atoms with Gasteiger partial charge in [0.2, 0.25) is 0 Å². The fourth-order valence-corrected chi connectivity index (χ4v) is 2.33. The molecule has 0 radical (unpaired) electrons. The number of nitriles is 1. The number of carbonyl (C=O) groups is 1. The van der Waals surface area contributed by atoms with E-state index < -0.39 is 0 Å². The second-order valence-electron chi connectivity index (χ2n) is 4.75. The average Bonchev–Trinajstić information content (AvgIpc) is 2.49. The van der Waals surface area contributed by atoms with Crippen LogP contribution in [0.3, 0.4) is 0 Å². The van der Waals surface area contributed by atoms with Crippen molar-refractivity contribution in [1.29, 1.82) is 5.26 Å². The molecule has 1 aromatic rings. The van der Waals surface area contributed by atoms with Crippen LogP contribution >= 0.6 is 0 Å². The van der Waals surface area contributed by atoms with Crippen molar-refractivity contribution in [3.05, 3.63) is 35.4 Å². The Balaban J connectivity index is 2.04. The van der Waals surface area contributed by atoms with Crippen molar-refractivity contribution in [3.63, 3.8) is 0 Å². The number of nitrogens with zero attached hydrogens (tertiary/aromatic N) is 2. The van der Waals surface area contributed by atoms with Crippen LogP contribution < -0.4 is 5.32 Å². The van der Waals surface area contributed by atoms with E-state index in [0.717, 1.165) is 18.7 Å². The van der Waals surface area contributed by atoms with Crippen molar-refractivity contribution in [1.82, 2.24) is 10.2 Å². The predicted molar refractivity (Wildman–Crippen MR) is 74.9 cm³/mol. The summed E-state index contributed by atoms with van der Waals surface area (Å²) >= 11 is 0. The van der Waals surface area contributed by atoms with Crippen LogP contribution in [-0.4, -0.2) is 43.2 Å². The topological polar surface area (TPSA) is 65.4 Å². The van der Waals surface area contributed by atoms with Gasteiger partial charge >= 0.3 is 5.97 Å². The van der Waals surface area contributed by atoms with E-state index in [1.54, 1.807) is 12.1 Å². The first-order chi connectivity index (χ1) is 9.74. The number of carbonyl (C=O) groups excluding carboxylic acids is 1. The lowest BCUT2D eigenvalue weighted by Crippen LogP contribution is -2.54. The molecule has 5 heteroatoms. The number of piperazine rings is 1. The van der Waals surface area contributed by atoms with Crippen LogP contribution in [0.2, 0.25) is 0 Å². The summed E-state index contributed by atoms with van der Waals surface area (Å²) in [6.45, 7) is 5.21. The molecule has 2 rings (SSSR count). The maximum atomic E-state index is 12.0. The molecule has 0 spiro atoms. The highest BCUT2D eigenvalue weighted by Gasteiger charge is 2.29. The minimum Gasteiger partial charge on any atom is -0.465 e. The van der Waals surface area contributed by atoms with Gasteiger partial charge in [0.1, 0.15) is 6.04 Å². The molecule has 0 aromatic heterocycles. The van der Waals surface area contributed by atoms with Crippen molar-refractivity contribution < 1.29 is 9.53 Å². The second-order valence-corrected chi connectivity index (χ2v) is 4.75. The zero-order valence-corrected chi connectivity index (χ0v) is 11.6. The van der Waals surface area contributed by atoms with E-state index in [-0.39, 0.29) is 12.0 Å². The van der Waals surface area contributed by atoms with Crippen LogP contribution in [0.4, 0.5) is 0 Å². The first kappa shape index (κ1) is 14.5. The molecule has 5 nitrogen and oxygen atoms in total. The fraction of sp³-hybridized carbons (Fsp3) is 0.467. The normalized spacial score (nSPS) is 19.3. The first-order valence-electron chi connectivity index (χ1n) is 6.85. The molecule has 0 amide bonds. The SMILES string of the molecule is CCOC(=O)C1CNCCN1Cc1ccc(C#N)cc1. The Bertz CT molecular complexity index is 493. The number of ether oxygens (including phenoxy) is 1. The summed E-state index contributed by atoms with van der Waals surface area (Å²) in [6.07, 6.45) is 0. The summed E-state index contributed by atoms with van der Waals surface area (Å²) < 4.78 is 5.12. The van der Waals surface area contributed by atoms with E-state index in [1.165, 1.54) is 0 Å². The number of rotatable bonds is 4. The molecule has 1 unspecified atom stereocenters. The molecule has 1 aliphatic heterocycles. The molecule has 1 aromatic carbocycles. The van der Waals surface area contributed by atoms with Gasteiger partial charge in [-0.1, -0.05) is 12.1 Å². The third kappa shape index (κ3) is 3.56.